The zero-order chi connectivity index (χ0) is 18.5. The molecule has 26 heavy (non-hydrogen) atoms. The van der Waals surface area contributed by atoms with Crippen LogP contribution in [0.2, 0.25) is 0 Å². The van der Waals surface area contributed by atoms with Gasteiger partial charge < -0.3 is 15.1 Å². The van der Waals surface area contributed by atoms with E-state index in [0.29, 0.717) is 0 Å². The van der Waals surface area contributed by atoms with Crippen LogP contribution in [-0.2, 0) is 6.42 Å². The second-order valence-corrected chi connectivity index (χ2v) is 8.54. The Morgan fingerprint density at radius 1 is 1.12 bits per heavy atom. The topological polar surface area (TPSA) is 35.6 Å². The van der Waals surface area contributed by atoms with E-state index in [1.165, 1.54) is 31.6 Å². The molecule has 2 heterocycles. The molecule has 1 aromatic carbocycles. The number of likely N-dealkylation sites (tertiary alicyclic amines) is 2. The van der Waals surface area contributed by atoms with Crippen molar-refractivity contribution in [3.63, 3.8) is 0 Å². The predicted molar refractivity (Wildman–Crippen MR) is 109 cm³/mol. The second kappa shape index (κ2) is 8.90. The van der Waals surface area contributed by atoms with E-state index in [-0.39, 0.29) is 6.03 Å². The summed E-state index contributed by atoms with van der Waals surface area (Å²) in [5.74, 6) is 2.38. The highest BCUT2D eigenvalue weighted by Crippen LogP contribution is 2.25. The van der Waals surface area contributed by atoms with Gasteiger partial charge in [0.25, 0.3) is 0 Å². The van der Waals surface area contributed by atoms with Crippen molar-refractivity contribution in [1.29, 1.82) is 0 Å². The maximum absolute atomic E-state index is 12.6. The number of hydrogen-bond donors (Lipinski definition) is 1. The van der Waals surface area contributed by atoms with E-state index in [1.807, 2.05) is 23.1 Å². The van der Waals surface area contributed by atoms with Crippen LogP contribution in [0.25, 0.3) is 0 Å². The number of piperidine rings is 2. The van der Waals surface area contributed by atoms with Crippen molar-refractivity contribution in [3.05, 3.63) is 29.8 Å². The van der Waals surface area contributed by atoms with Crippen molar-refractivity contribution < 1.29 is 4.79 Å². The summed E-state index contributed by atoms with van der Waals surface area (Å²) in [6, 6.07) is 8.17. The Kier molecular flexibility index (Phi) is 6.58. The third-order valence-corrected chi connectivity index (χ3v) is 6.00. The molecule has 0 saturated carbocycles. The van der Waals surface area contributed by atoms with E-state index in [1.54, 1.807) is 0 Å². The van der Waals surface area contributed by atoms with Crippen molar-refractivity contribution in [2.24, 2.45) is 17.8 Å². The summed E-state index contributed by atoms with van der Waals surface area (Å²) in [5.41, 5.74) is 2.16. The molecule has 144 valence electrons. The van der Waals surface area contributed by atoms with E-state index in [4.69, 9.17) is 0 Å². The van der Waals surface area contributed by atoms with E-state index >= 15 is 0 Å². The average molecular weight is 358 g/mol. The average Bonchev–Trinajstić information content (AvgIpc) is 2.62. The van der Waals surface area contributed by atoms with Crippen molar-refractivity contribution in [1.82, 2.24) is 9.80 Å². The van der Waals surface area contributed by atoms with Crippen LogP contribution < -0.4 is 5.32 Å². The van der Waals surface area contributed by atoms with Gasteiger partial charge in [0.15, 0.2) is 0 Å². The first-order valence-electron chi connectivity index (χ1n) is 10.4. The largest absolute Gasteiger partial charge is 0.325 e. The molecule has 4 heteroatoms. The summed E-state index contributed by atoms with van der Waals surface area (Å²) < 4.78 is 0. The molecule has 0 spiro atoms. The van der Waals surface area contributed by atoms with Gasteiger partial charge in [0, 0.05) is 38.4 Å². The van der Waals surface area contributed by atoms with Crippen LogP contribution in [0.5, 0.6) is 0 Å². The van der Waals surface area contributed by atoms with Gasteiger partial charge in [-0.15, -0.1) is 0 Å². The first-order valence-corrected chi connectivity index (χ1v) is 10.4. The Bertz CT molecular complexity index is 585. The zero-order valence-electron chi connectivity index (χ0n) is 16.7. The molecule has 2 amide bonds. The smallest absolute Gasteiger partial charge is 0.321 e. The van der Waals surface area contributed by atoms with Crippen molar-refractivity contribution in [2.75, 3.05) is 38.0 Å². The highest BCUT2D eigenvalue weighted by molar-refractivity contribution is 5.90. The van der Waals surface area contributed by atoms with Gasteiger partial charge in [-0.3, -0.25) is 0 Å². The monoisotopic (exact) mass is 357 g/mol. The molecule has 2 fully saturated rings. The molecule has 0 bridgehead atoms. The fourth-order valence-electron chi connectivity index (χ4n) is 4.77. The lowest BCUT2D eigenvalue weighted by molar-refractivity contribution is 0.101. The molecule has 1 N–H and O–H groups in total. The second-order valence-electron chi connectivity index (χ2n) is 8.54. The van der Waals surface area contributed by atoms with Gasteiger partial charge in [0.1, 0.15) is 0 Å². The molecular weight excluding hydrogens is 322 g/mol. The van der Waals surface area contributed by atoms with Gasteiger partial charge in [0.2, 0.25) is 0 Å². The highest BCUT2D eigenvalue weighted by Gasteiger charge is 2.27. The van der Waals surface area contributed by atoms with E-state index < -0.39 is 0 Å². The fraction of sp³-hybridized carbons (Fsp3) is 0.682. The summed E-state index contributed by atoms with van der Waals surface area (Å²) in [6.45, 7) is 12.3. The van der Waals surface area contributed by atoms with E-state index in [0.717, 1.165) is 55.8 Å². The quantitative estimate of drug-likeness (QED) is 0.863. The van der Waals surface area contributed by atoms with E-state index in [9.17, 15) is 4.79 Å². The number of aryl methyl sites for hydroxylation is 1. The number of carbonyl (C=O) groups is 1. The Labute approximate surface area is 158 Å². The molecule has 2 aliphatic rings. The number of nitrogens with zero attached hydrogens (tertiary/aromatic N) is 2. The van der Waals surface area contributed by atoms with Crippen LogP contribution in [0.1, 0.15) is 45.6 Å². The van der Waals surface area contributed by atoms with E-state index in [2.05, 4.69) is 37.1 Å². The molecule has 1 aromatic rings. The van der Waals surface area contributed by atoms with Crippen LogP contribution in [-0.4, -0.2) is 48.6 Å². The lowest BCUT2D eigenvalue weighted by Gasteiger charge is -2.39. The number of anilines is 1. The van der Waals surface area contributed by atoms with Gasteiger partial charge in [-0.05, 0) is 55.1 Å². The summed E-state index contributed by atoms with van der Waals surface area (Å²) in [6.07, 6.45) is 4.56. The van der Waals surface area contributed by atoms with Crippen LogP contribution in [0, 0.1) is 17.8 Å². The number of para-hydroxylation sites is 1. The van der Waals surface area contributed by atoms with Gasteiger partial charge in [-0.2, -0.15) is 0 Å². The molecule has 2 aliphatic heterocycles. The minimum Gasteiger partial charge on any atom is -0.325 e. The standard InChI is InChI=1S/C22H35N3O/c1-4-20-7-5-6-8-21(20)23-22(26)25-11-9-19(10-12-25)16-24-14-17(2)13-18(3)15-24/h5-8,17-19H,4,9-16H2,1-3H3,(H,23,26)/t17-,18-/m0/s1. The summed E-state index contributed by atoms with van der Waals surface area (Å²) in [4.78, 5) is 17.3. The lowest BCUT2D eigenvalue weighted by atomic mass is 9.89. The summed E-state index contributed by atoms with van der Waals surface area (Å²) in [5, 5.41) is 3.12. The van der Waals surface area contributed by atoms with Crippen LogP contribution in [0.3, 0.4) is 0 Å². The van der Waals surface area contributed by atoms with Gasteiger partial charge in [0.05, 0.1) is 0 Å². The Morgan fingerprint density at radius 2 is 1.77 bits per heavy atom. The molecule has 2 atom stereocenters. The molecule has 2 saturated heterocycles. The summed E-state index contributed by atoms with van der Waals surface area (Å²) in [7, 11) is 0. The third-order valence-electron chi connectivity index (χ3n) is 6.00. The van der Waals surface area contributed by atoms with Gasteiger partial charge in [-0.1, -0.05) is 39.0 Å². The normalized spacial score (nSPS) is 25.3. The maximum atomic E-state index is 12.6. The fourth-order valence-corrected chi connectivity index (χ4v) is 4.77. The number of urea groups is 1. The SMILES string of the molecule is CCc1ccccc1NC(=O)N1CCC(CN2C[C@@H](C)C[C@H](C)C2)CC1. The molecular formula is C22H35N3O. The van der Waals surface area contributed by atoms with Gasteiger partial charge >= 0.3 is 6.03 Å². The molecule has 0 aliphatic carbocycles. The number of carbonyl (C=O) groups excluding carboxylic acids is 1. The number of rotatable bonds is 4. The summed E-state index contributed by atoms with van der Waals surface area (Å²) >= 11 is 0. The third kappa shape index (κ3) is 5.00. The highest BCUT2D eigenvalue weighted by atomic mass is 16.2. The molecule has 0 aromatic heterocycles. The predicted octanol–water partition coefficient (Wildman–Crippen LogP) is 4.47. The van der Waals surface area contributed by atoms with Crippen LogP contribution in [0.4, 0.5) is 10.5 Å². The number of amides is 2. The van der Waals surface area contributed by atoms with Gasteiger partial charge in [-0.25, -0.2) is 4.79 Å². The lowest BCUT2D eigenvalue weighted by Crippen LogP contribution is -2.46. The maximum Gasteiger partial charge on any atom is 0.321 e. The number of benzene rings is 1. The minimum absolute atomic E-state index is 0.0598. The van der Waals surface area contributed by atoms with Crippen LogP contribution >= 0.6 is 0 Å². The molecule has 0 unspecified atom stereocenters. The molecule has 4 nitrogen and oxygen atoms in total. The Balaban J connectivity index is 1.46. The first kappa shape index (κ1) is 19.2. The first-order chi connectivity index (χ1) is 12.5. The number of nitrogens with one attached hydrogen (secondary N) is 1. The van der Waals surface area contributed by atoms with Crippen molar-refractivity contribution in [2.45, 2.75) is 46.5 Å². The number of hydrogen-bond acceptors (Lipinski definition) is 2. The molecule has 0 radical (unpaired) electrons. The Morgan fingerprint density at radius 3 is 2.42 bits per heavy atom. The van der Waals surface area contributed by atoms with Crippen molar-refractivity contribution in [3.8, 4) is 0 Å². The van der Waals surface area contributed by atoms with Crippen molar-refractivity contribution >= 4 is 11.7 Å². The Hall–Kier alpha value is -1.55. The molecule has 3 rings (SSSR count). The van der Waals surface area contributed by atoms with Crippen LogP contribution in [0.15, 0.2) is 24.3 Å². The minimum atomic E-state index is 0.0598. The zero-order valence-corrected chi connectivity index (χ0v) is 16.7.